The van der Waals surface area contributed by atoms with E-state index in [2.05, 4.69) is 12.2 Å². The first-order chi connectivity index (χ1) is 10.0. The van der Waals surface area contributed by atoms with Gasteiger partial charge >= 0.3 is 0 Å². The Kier molecular flexibility index (Phi) is 5.07. The number of rotatable bonds is 5. The molecule has 2 atom stereocenters. The topological polar surface area (TPSA) is 50.8 Å². The molecule has 0 saturated carbocycles. The largest absolute Gasteiger partial charge is 0.497 e. The van der Waals surface area contributed by atoms with Crippen LogP contribution in [0.1, 0.15) is 31.4 Å². The van der Waals surface area contributed by atoms with Gasteiger partial charge in [0.1, 0.15) is 11.5 Å². The predicted octanol–water partition coefficient (Wildman–Crippen LogP) is 1.98. The molecule has 21 heavy (non-hydrogen) atoms. The third kappa shape index (κ3) is 3.67. The highest BCUT2D eigenvalue weighted by Gasteiger charge is 2.24. The highest BCUT2D eigenvalue weighted by atomic mass is 16.5. The molecule has 1 aliphatic heterocycles. The van der Waals surface area contributed by atoms with Crippen LogP contribution < -0.4 is 14.8 Å². The summed E-state index contributed by atoms with van der Waals surface area (Å²) in [5.74, 6) is 1.82. The molecule has 0 aliphatic carbocycles. The molecule has 2 rings (SSSR count). The first-order valence-corrected chi connectivity index (χ1v) is 7.27. The van der Waals surface area contributed by atoms with Crippen molar-refractivity contribution in [3.05, 3.63) is 23.8 Å². The van der Waals surface area contributed by atoms with Gasteiger partial charge in [0.15, 0.2) is 0 Å². The van der Waals surface area contributed by atoms with Crippen molar-refractivity contribution in [2.75, 3.05) is 27.8 Å². The fraction of sp³-hybridized carbons (Fsp3) is 0.562. The maximum Gasteiger partial charge on any atom is 0.222 e. The van der Waals surface area contributed by atoms with Gasteiger partial charge in [-0.25, -0.2) is 0 Å². The maximum absolute atomic E-state index is 11.5. The van der Waals surface area contributed by atoms with Gasteiger partial charge in [-0.05, 0) is 19.4 Å². The SMILES string of the molecule is COc1ccc(C(C)NC2CCC(=O)N(C)C2)c(OC)c1. The molecule has 1 amide bonds. The quantitative estimate of drug-likeness (QED) is 0.901. The first-order valence-electron chi connectivity index (χ1n) is 7.27. The molecule has 2 unspecified atom stereocenters. The van der Waals surface area contributed by atoms with Crippen LogP contribution in [0.3, 0.4) is 0 Å². The molecule has 1 heterocycles. The molecule has 1 aromatic rings. The second kappa shape index (κ2) is 6.80. The molecule has 1 aromatic carbocycles. The van der Waals surface area contributed by atoms with E-state index < -0.39 is 0 Å². The summed E-state index contributed by atoms with van der Waals surface area (Å²) in [5.41, 5.74) is 1.10. The summed E-state index contributed by atoms with van der Waals surface area (Å²) in [6, 6.07) is 6.32. The number of hydrogen-bond acceptors (Lipinski definition) is 4. The lowest BCUT2D eigenvalue weighted by atomic mass is 10.0. The van der Waals surface area contributed by atoms with Gasteiger partial charge in [-0.15, -0.1) is 0 Å². The Morgan fingerprint density at radius 3 is 2.71 bits per heavy atom. The highest BCUT2D eigenvalue weighted by molar-refractivity contribution is 5.76. The number of likely N-dealkylation sites (tertiary alicyclic amines) is 1. The maximum atomic E-state index is 11.5. The number of nitrogens with one attached hydrogen (secondary N) is 1. The van der Waals surface area contributed by atoms with Crippen LogP contribution in [0, 0.1) is 0 Å². The number of methoxy groups -OCH3 is 2. The van der Waals surface area contributed by atoms with E-state index in [1.54, 1.807) is 19.1 Å². The molecule has 116 valence electrons. The van der Waals surface area contributed by atoms with Crippen LogP contribution in [0.4, 0.5) is 0 Å². The highest BCUT2D eigenvalue weighted by Crippen LogP contribution is 2.30. The number of amides is 1. The van der Waals surface area contributed by atoms with Crippen molar-refractivity contribution < 1.29 is 14.3 Å². The molecular weight excluding hydrogens is 268 g/mol. The molecule has 1 fully saturated rings. The molecule has 0 radical (unpaired) electrons. The van der Waals surface area contributed by atoms with E-state index in [4.69, 9.17) is 9.47 Å². The van der Waals surface area contributed by atoms with E-state index in [1.165, 1.54) is 0 Å². The zero-order valence-electron chi connectivity index (χ0n) is 13.2. The van der Waals surface area contributed by atoms with Gasteiger partial charge in [-0.3, -0.25) is 4.79 Å². The van der Waals surface area contributed by atoms with Crippen LogP contribution in [-0.2, 0) is 4.79 Å². The van der Waals surface area contributed by atoms with Crippen molar-refractivity contribution in [1.29, 1.82) is 0 Å². The number of carbonyl (C=O) groups excluding carboxylic acids is 1. The van der Waals surface area contributed by atoms with Gasteiger partial charge in [0, 0.05) is 43.7 Å². The summed E-state index contributed by atoms with van der Waals surface area (Å²) in [6.07, 6.45) is 1.49. The smallest absolute Gasteiger partial charge is 0.222 e. The Balaban J connectivity index is 2.06. The Hall–Kier alpha value is -1.75. The molecule has 1 saturated heterocycles. The second-order valence-corrected chi connectivity index (χ2v) is 5.51. The lowest BCUT2D eigenvalue weighted by molar-refractivity contribution is -0.132. The number of hydrogen-bond donors (Lipinski definition) is 1. The van der Waals surface area contributed by atoms with Crippen molar-refractivity contribution in [2.24, 2.45) is 0 Å². The van der Waals surface area contributed by atoms with E-state index in [1.807, 2.05) is 25.2 Å². The minimum absolute atomic E-state index is 0.150. The van der Waals surface area contributed by atoms with E-state index in [-0.39, 0.29) is 11.9 Å². The number of likely N-dealkylation sites (N-methyl/N-ethyl adjacent to an activating group) is 1. The van der Waals surface area contributed by atoms with Crippen LogP contribution in [0.15, 0.2) is 18.2 Å². The molecule has 1 aliphatic rings. The predicted molar refractivity (Wildman–Crippen MR) is 81.8 cm³/mol. The normalized spacial score (nSPS) is 20.3. The van der Waals surface area contributed by atoms with Crippen molar-refractivity contribution in [3.8, 4) is 11.5 Å². The van der Waals surface area contributed by atoms with Crippen LogP contribution >= 0.6 is 0 Å². The van der Waals surface area contributed by atoms with Crippen molar-refractivity contribution in [1.82, 2.24) is 10.2 Å². The van der Waals surface area contributed by atoms with Crippen LogP contribution in [-0.4, -0.2) is 44.7 Å². The molecule has 1 N–H and O–H groups in total. The van der Waals surface area contributed by atoms with Gasteiger partial charge in [-0.2, -0.15) is 0 Å². The van der Waals surface area contributed by atoms with Gasteiger partial charge < -0.3 is 19.7 Å². The molecule has 0 bridgehead atoms. The van der Waals surface area contributed by atoms with E-state index in [0.29, 0.717) is 12.5 Å². The summed E-state index contributed by atoms with van der Waals surface area (Å²) in [4.78, 5) is 13.3. The van der Waals surface area contributed by atoms with Gasteiger partial charge in [0.25, 0.3) is 0 Å². The Morgan fingerprint density at radius 1 is 1.33 bits per heavy atom. The Morgan fingerprint density at radius 2 is 2.10 bits per heavy atom. The molecule has 0 aromatic heterocycles. The average molecular weight is 292 g/mol. The lowest BCUT2D eigenvalue weighted by Crippen LogP contribution is -2.47. The number of carbonyl (C=O) groups is 1. The van der Waals surface area contributed by atoms with Crippen molar-refractivity contribution in [3.63, 3.8) is 0 Å². The summed E-state index contributed by atoms with van der Waals surface area (Å²) in [6.45, 7) is 2.86. The van der Waals surface area contributed by atoms with E-state index >= 15 is 0 Å². The van der Waals surface area contributed by atoms with Crippen LogP contribution in [0.5, 0.6) is 11.5 Å². The van der Waals surface area contributed by atoms with Gasteiger partial charge in [0.2, 0.25) is 5.91 Å². The van der Waals surface area contributed by atoms with Crippen molar-refractivity contribution >= 4 is 5.91 Å². The molecule has 5 nitrogen and oxygen atoms in total. The van der Waals surface area contributed by atoms with Gasteiger partial charge in [-0.1, -0.05) is 6.07 Å². The summed E-state index contributed by atoms with van der Waals surface area (Å²) in [7, 11) is 5.16. The van der Waals surface area contributed by atoms with E-state index in [0.717, 1.165) is 30.0 Å². The minimum atomic E-state index is 0.150. The first kappa shape index (κ1) is 15.6. The third-order valence-corrected chi connectivity index (χ3v) is 4.02. The third-order valence-electron chi connectivity index (χ3n) is 4.02. The standard InChI is InChI=1S/C16H24N2O3/c1-11(17-12-5-8-16(19)18(2)10-12)14-7-6-13(20-3)9-15(14)21-4/h6-7,9,11-12,17H,5,8,10H2,1-4H3. The number of piperidine rings is 1. The number of nitrogens with zero attached hydrogens (tertiary/aromatic N) is 1. The van der Waals surface area contributed by atoms with Gasteiger partial charge in [0.05, 0.1) is 14.2 Å². The molecule has 0 spiro atoms. The van der Waals surface area contributed by atoms with Crippen LogP contribution in [0.2, 0.25) is 0 Å². The Bertz CT molecular complexity index is 504. The monoisotopic (exact) mass is 292 g/mol. The Labute approximate surface area is 126 Å². The zero-order valence-corrected chi connectivity index (χ0v) is 13.2. The summed E-state index contributed by atoms with van der Waals surface area (Å²) >= 11 is 0. The minimum Gasteiger partial charge on any atom is -0.497 e. The average Bonchev–Trinajstić information content (AvgIpc) is 2.50. The fourth-order valence-electron chi connectivity index (χ4n) is 2.77. The fourth-order valence-corrected chi connectivity index (χ4v) is 2.77. The summed E-state index contributed by atoms with van der Waals surface area (Å²) < 4.78 is 10.7. The lowest BCUT2D eigenvalue weighted by Gasteiger charge is -2.32. The van der Waals surface area contributed by atoms with Crippen molar-refractivity contribution in [2.45, 2.75) is 31.8 Å². The molecule has 5 heteroatoms. The molecular formula is C16H24N2O3. The van der Waals surface area contributed by atoms with E-state index in [9.17, 15) is 4.79 Å². The number of ether oxygens (including phenoxy) is 2. The van der Waals surface area contributed by atoms with Crippen LogP contribution in [0.25, 0.3) is 0 Å². The summed E-state index contributed by atoms with van der Waals surface area (Å²) in [5, 5.41) is 3.58. The zero-order chi connectivity index (χ0) is 15.4. The number of benzene rings is 1. The second-order valence-electron chi connectivity index (χ2n) is 5.51.